The van der Waals surface area contributed by atoms with Gasteiger partial charge in [0.25, 0.3) is 0 Å². The number of nitrogens with one attached hydrogen (secondary N) is 1. The predicted octanol–water partition coefficient (Wildman–Crippen LogP) is 0.433. The van der Waals surface area contributed by atoms with Gasteiger partial charge in [-0.2, -0.15) is 0 Å². The second kappa shape index (κ2) is 6.17. The number of sulfonamides is 1. The number of benzene rings is 1. The number of hydrogen-bond donors (Lipinski definition) is 2. The van der Waals surface area contributed by atoms with Gasteiger partial charge in [-0.3, -0.25) is 0 Å². The second-order valence-electron chi connectivity index (χ2n) is 4.37. The fourth-order valence-electron chi connectivity index (χ4n) is 1.91. The van der Waals surface area contributed by atoms with Crippen LogP contribution in [-0.2, 0) is 30.1 Å². The third-order valence-electron chi connectivity index (χ3n) is 2.99. The summed E-state index contributed by atoms with van der Waals surface area (Å²) in [5.41, 5.74) is 0.386. The molecule has 2 N–H and O–H groups in total. The zero-order chi connectivity index (χ0) is 14.6. The van der Waals surface area contributed by atoms with Gasteiger partial charge in [-0.1, -0.05) is 18.2 Å². The van der Waals surface area contributed by atoms with E-state index in [-0.39, 0.29) is 18.0 Å². The summed E-state index contributed by atoms with van der Waals surface area (Å²) in [6, 6.07) is 6.40. The third kappa shape index (κ3) is 3.24. The van der Waals surface area contributed by atoms with E-state index in [2.05, 4.69) is 9.71 Å². The summed E-state index contributed by atoms with van der Waals surface area (Å²) in [6.07, 6.45) is 3.99. The average Bonchev–Trinajstić information content (AvgIpc) is 2.84. The molecular formula is C13H17N3O3S. The van der Waals surface area contributed by atoms with Crippen LogP contribution in [0.1, 0.15) is 11.4 Å². The number of rotatable bonds is 6. The van der Waals surface area contributed by atoms with E-state index >= 15 is 0 Å². The second-order valence-corrected chi connectivity index (χ2v) is 6.10. The lowest BCUT2D eigenvalue weighted by atomic mass is 10.2. The van der Waals surface area contributed by atoms with Crippen molar-refractivity contribution >= 4 is 10.0 Å². The number of aliphatic hydroxyl groups excluding tert-OH is 1. The Balaban J connectivity index is 2.06. The summed E-state index contributed by atoms with van der Waals surface area (Å²) >= 11 is 0. The van der Waals surface area contributed by atoms with Gasteiger partial charge >= 0.3 is 0 Å². The summed E-state index contributed by atoms with van der Waals surface area (Å²) < 4.78 is 28.7. The summed E-state index contributed by atoms with van der Waals surface area (Å²) in [4.78, 5) is 4.24. The zero-order valence-corrected chi connectivity index (χ0v) is 12.0. The fourth-order valence-corrected chi connectivity index (χ4v) is 3.17. The maximum absolute atomic E-state index is 12.2. The zero-order valence-electron chi connectivity index (χ0n) is 11.2. The van der Waals surface area contributed by atoms with Crippen molar-refractivity contribution in [3.8, 4) is 0 Å². The minimum absolute atomic E-state index is 0.113. The van der Waals surface area contributed by atoms with Crippen LogP contribution < -0.4 is 4.72 Å². The number of imidazole rings is 1. The standard InChI is InChI=1S/C13H17N3O3S/c1-16-9-8-14-13(16)6-7-15-20(18,19)12-5-3-2-4-11(12)10-17/h2-5,8-9,15,17H,6-7,10H2,1H3. The molecule has 0 saturated carbocycles. The first-order valence-electron chi connectivity index (χ1n) is 6.19. The number of aliphatic hydroxyl groups is 1. The van der Waals surface area contributed by atoms with E-state index in [0.717, 1.165) is 5.82 Å². The molecule has 0 aliphatic carbocycles. The first kappa shape index (κ1) is 14.7. The van der Waals surface area contributed by atoms with E-state index in [9.17, 15) is 13.5 Å². The quantitative estimate of drug-likeness (QED) is 0.809. The molecule has 7 heteroatoms. The molecule has 0 saturated heterocycles. The smallest absolute Gasteiger partial charge is 0.240 e. The summed E-state index contributed by atoms with van der Waals surface area (Å²) in [6.45, 7) is -0.0522. The largest absolute Gasteiger partial charge is 0.392 e. The van der Waals surface area contributed by atoms with Crippen molar-refractivity contribution in [2.75, 3.05) is 6.54 Å². The van der Waals surface area contributed by atoms with Crippen LogP contribution in [0.25, 0.3) is 0 Å². The Hall–Kier alpha value is -1.70. The van der Waals surface area contributed by atoms with Crippen molar-refractivity contribution in [2.45, 2.75) is 17.9 Å². The Morgan fingerprint density at radius 1 is 1.35 bits per heavy atom. The SMILES string of the molecule is Cn1ccnc1CCNS(=O)(=O)c1ccccc1CO. The molecule has 0 fully saturated rings. The van der Waals surface area contributed by atoms with Gasteiger partial charge in [0.1, 0.15) is 5.82 Å². The molecule has 2 aromatic rings. The Morgan fingerprint density at radius 3 is 2.75 bits per heavy atom. The van der Waals surface area contributed by atoms with Crippen LogP contribution in [-0.4, -0.2) is 29.6 Å². The van der Waals surface area contributed by atoms with Crippen molar-refractivity contribution in [3.63, 3.8) is 0 Å². The molecule has 1 aromatic heterocycles. The molecule has 2 rings (SSSR count). The first-order valence-corrected chi connectivity index (χ1v) is 7.67. The van der Waals surface area contributed by atoms with Gasteiger partial charge in [-0.05, 0) is 11.6 Å². The number of aromatic nitrogens is 2. The lowest BCUT2D eigenvalue weighted by Crippen LogP contribution is -2.27. The lowest BCUT2D eigenvalue weighted by molar-refractivity contribution is 0.278. The Morgan fingerprint density at radius 2 is 2.10 bits per heavy atom. The highest BCUT2D eigenvalue weighted by atomic mass is 32.2. The molecule has 1 aromatic carbocycles. The molecule has 0 bridgehead atoms. The molecule has 0 atom stereocenters. The maximum Gasteiger partial charge on any atom is 0.240 e. The average molecular weight is 295 g/mol. The Kier molecular flexibility index (Phi) is 4.53. The molecule has 0 spiro atoms. The minimum atomic E-state index is -3.62. The van der Waals surface area contributed by atoms with Gasteiger partial charge in [-0.25, -0.2) is 18.1 Å². The van der Waals surface area contributed by atoms with Gasteiger partial charge in [0.15, 0.2) is 0 Å². The molecule has 1 heterocycles. The van der Waals surface area contributed by atoms with Crippen molar-refractivity contribution in [1.82, 2.24) is 14.3 Å². The summed E-state index contributed by atoms with van der Waals surface area (Å²) in [5, 5.41) is 9.19. The van der Waals surface area contributed by atoms with Crippen molar-refractivity contribution < 1.29 is 13.5 Å². The van der Waals surface area contributed by atoms with Crippen LogP contribution in [0.3, 0.4) is 0 Å². The molecule has 6 nitrogen and oxygen atoms in total. The van der Waals surface area contributed by atoms with Crippen LogP contribution in [0, 0.1) is 0 Å². The summed E-state index contributed by atoms with van der Waals surface area (Å²) in [5.74, 6) is 0.808. The number of nitrogens with zero attached hydrogens (tertiary/aromatic N) is 2. The first-order chi connectivity index (χ1) is 9.54. The highest BCUT2D eigenvalue weighted by Crippen LogP contribution is 2.14. The molecule has 0 aliphatic rings. The van der Waals surface area contributed by atoms with E-state index in [1.807, 2.05) is 17.8 Å². The van der Waals surface area contributed by atoms with E-state index in [1.165, 1.54) is 6.07 Å². The van der Waals surface area contributed by atoms with Crippen LogP contribution in [0.4, 0.5) is 0 Å². The van der Waals surface area contributed by atoms with Crippen molar-refractivity contribution in [3.05, 3.63) is 48.0 Å². The van der Waals surface area contributed by atoms with Crippen LogP contribution >= 0.6 is 0 Å². The topological polar surface area (TPSA) is 84.2 Å². The van der Waals surface area contributed by atoms with Crippen molar-refractivity contribution in [2.24, 2.45) is 7.05 Å². The molecular weight excluding hydrogens is 278 g/mol. The Bertz CT molecular complexity index is 680. The molecule has 108 valence electrons. The van der Waals surface area contributed by atoms with Gasteiger partial charge in [0, 0.05) is 32.4 Å². The molecule has 0 radical (unpaired) electrons. The van der Waals surface area contributed by atoms with Gasteiger partial charge in [0.05, 0.1) is 11.5 Å². The fraction of sp³-hybridized carbons (Fsp3) is 0.308. The van der Waals surface area contributed by atoms with E-state index in [0.29, 0.717) is 12.0 Å². The summed E-state index contributed by atoms with van der Waals surface area (Å²) in [7, 11) is -1.76. The van der Waals surface area contributed by atoms with E-state index in [1.54, 1.807) is 24.4 Å². The molecule has 0 unspecified atom stereocenters. The van der Waals surface area contributed by atoms with Gasteiger partial charge < -0.3 is 9.67 Å². The van der Waals surface area contributed by atoms with Crippen LogP contribution in [0.5, 0.6) is 0 Å². The monoisotopic (exact) mass is 295 g/mol. The highest BCUT2D eigenvalue weighted by molar-refractivity contribution is 7.89. The molecule has 0 aliphatic heterocycles. The van der Waals surface area contributed by atoms with Crippen LogP contribution in [0.15, 0.2) is 41.6 Å². The normalized spacial score (nSPS) is 11.7. The minimum Gasteiger partial charge on any atom is -0.392 e. The maximum atomic E-state index is 12.2. The molecule has 0 amide bonds. The van der Waals surface area contributed by atoms with Gasteiger partial charge in [-0.15, -0.1) is 0 Å². The van der Waals surface area contributed by atoms with Gasteiger partial charge in [0.2, 0.25) is 10.0 Å². The lowest BCUT2D eigenvalue weighted by Gasteiger charge is -2.10. The van der Waals surface area contributed by atoms with Crippen molar-refractivity contribution in [1.29, 1.82) is 0 Å². The predicted molar refractivity (Wildman–Crippen MR) is 74.5 cm³/mol. The highest BCUT2D eigenvalue weighted by Gasteiger charge is 2.17. The Labute approximate surface area is 118 Å². The van der Waals surface area contributed by atoms with E-state index in [4.69, 9.17) is 0 Å². The van der Waals surface area contributed by atoms with Crippen LogP contribution in [0.2, 0.25) is 0 Å². The number of hydrogen-bond acceptors (Lipinski definition) is 4. The molecule has 20 heavy (non-hydrogen) atoms. The van der Waals surface area contributed by atoms with E-state index < -0.39 is 10.0 Å². The third-order valence-corrected chi connectivity index (χ3v) is 4.56. The number of aryl methyl sites for hydroxylation is 1.